The van der Waals surface area contributed by atoms with Gasteiger partial charge in [-0.3, -0.25) is 19.1 Å². The SMILES string of the molecule is CC1=CC(O)CC(F)Cc2nc(co2)C(=O)N2CCCC2C(=O)OC(C(C)C)C(CC(=O)NCCn2cc(-c3ccsc3)nn2)/C=C/C(=O)NCC=C1. The summed E-state index contributed by atoms with van der Waals surface area (Å²) in [6.07, 6.45) is 7.65. The van der Waals surface area contributed by atoms with E-state index in [-0.39, 0.29) is 62.3 Å². The van der Waals surface area contributed by atoms with Crippen molar-refractivity contribution in [3.63, 3.8) is 0 Å². The van der Waals surface area contributed by atoms with Gasteiger partial charge in [-0.1, -0.05) is 48.9 Å². The largest absolute Gasteiger partial charge is 0.460 e. The van der Waals surface area contributed by atoms with Crippen LogP contribution >= 0.6 is 11.3 Å². The van der Waals surface area contributed by atoms with Gasteiger partial charge in [0, 0.05) is 49.3 Å². The van der Waals surface area contributed by atoms with Gasteiger partial charge in [0.25, 0.3) is 5.91 Å². The highest BCUT2D eigenvalue weighted by atomic mass is 32.1. The Hall–Kier alpha value is -4.96. The van der Waals surface area contributed by atoms with E-state index in [0.29, 0.717) is 25.0 Å². The van der Waals surface area contributed by atoms with Crippen LogP contribution in [-0.2, 0) is 32.1 Å². The topological polar surface area (TPSA) is 182 Å². The van der Waals surface area contributed by atoms with Gasteiger partial charge < -0.3 is 29.8 Å². The molecule has 0 aromatic carbocycles. The highest BCUT2D eigenvalue weighted by Crippen LogP contribution is 2.27. The summed E-state index contributed by atoms with van der Waals surface area (Å²) >= 11 is 1.56. The number of amides is 3. The van der Waals surface area contributed by atoms with E-state index in [2.05, 4.69) is 25.9 Å². The van der Waals surface area contributed by atoms with E-state index in [0.717, 1.165) is 17.5 Å². The van der Waals surface area contributed by atoms with E-state index in [1.54, 1.807) is 47.4 Å². The van der Waals surface area contributed by atoms with Crippen molar-refractivity contribution in [1.29, 1.82) is 0 Å². The number of halogens is 1. The molecule has 5 rings (SSSR count). The van der Waals surface area contributed by atoms with E-state index < -0.39 is 48.1 Å². The molecule has 53 heavy (non-hydrogen) atoms. The van der Waals surface area contributed by atoms with Crippen LogP contribution in [0.3, 0.4) is 0 Å². The maximum Gasteiger partial charge on any atom is 0.329 e. The van der Waals surface area contributed by atoms with Gasteiger partial charge in [0.2, 0.25) is 11.8 Å². The molecule has 0 radical (unpaired) electrons. The highest BCUT2D eigenvalue weighted by molar-refractivity contribution is 7.08. The smallest absolute Gasteiger partial charge is 0.329 e. The molecule has 3 aromatic heterocycles. The zero-order valence-corrected chi connectivity index (χ0v) is 30.8. The number of aromatic nitrogens is 4. The number of rotatable bonds is 7. The summed E-state index contributed by atoms with van der Waals surface area (Å²) in [4.78, 5) is 58.9. The first-order valence-corrected chi connectivity index (χ1v) is 18.7. The fourth-order valence-corrected chi connectivity index (χ4v) is 6.96. The Balaban J connectivity index is 1.33. The number of esters is 1. The van der Waals surface area contributed by atoms with Gasteiger partial charge in [-0.25, -0.2) is 14.2 Å². The zero-order valence-electron chi connectivity index (χ0n) is 30.0. The molecular formula is C37H46FN7O7S. The van der Waals surface area contributed by atoms with Gasteiger partial charge in [-0.05, 0) is 43.2 Å². The van der Waals surface area contributed by atoms with Crippen molar-refractivity contribution in [2.24, 2.45) is 11.8 Å². The number of thiophene rings is 1. The molecule has 0 spiro atoms. The number of allylic oxidation sites excluding steroid dienone is 2. The Morgan fingerprint density at radius 3 is 2.83 bits per heavy atom. The number of alkyl halides is 1. The summed E-state index contributed by atoms with van der Waals surface area (Å²) in [7, 11) is 0. The second-order valence-corrected chi connectivity index (χ2v) is 14.3. The van der Waals surface area contributed by atoms with Crippen LogP contribution in [0.4, 0.5) is 4.39 Å². The maximum absolute atomic E-state index is 14.8. The Bertz CT molecular complexity index is 1800. The second-order valence-electron chi connectivity index (χ2n) is 13.5. The molecule has 3 aromatic rings. The number of fused-ring (bicyclic) bond motifs is 3. The second kappa shape index (κ2) is 18.7. The van der Waals surface area contributed by atoms with Crippen LogP contribution < -0.4 is 10.6 Å². The van der Waals surface area contributed by atoms with E-state index in [1.807, 2.05) is 30.7 Å². The average molecular weight is 752 g/mol. The monoisotopic (exact) mass is 751 g/mol. The summed E-state index contributed by atoms with van der Waals surface area (Å²) in [5, 5.41) is 28.3. The summed E-state index contributed by atoms with van der Waals surface area (Å²) in [6, 6.07) is 1.03. The Labute approximate surface area is 311 Å². The van der Waals surface area contributed by atoms with Crippen molar-refractivity contribution in [2.45, 2.75) is 83.8 Å². The number of aliphatic hydroxyl groups is 1. The van der Waals surface area contributed by atoms with Gasteiger partial charge in [-0.15, -0.1) is 5.10 Å². The van der Waals surface area contributed by atoms with Gasteiger partial charge in [0.1, 0.15) is 30.3 Å². The lowest BCUT2D eigenvalue weighted by Gasteiger charge is -2.30. The fraction of sp³-hybridized carbons (Fsp3) is 0.486. The number of aliphatic hydroxyl groups excluding tert-OH is 1. The lowest BCUT2D eigenvalue weighted by atomic mass is 9.89. The third kappa shape index (κ3) is 11.3. The first kappa shape index (κ1) is 39.3. The molecule has 3 N–H and O–H groups in total. The standard InChI is InChI=1S/C37H46FN7O7S/c1-23(2)35-25(17-33(48)40-12-14-44-20-29(42-43-44)26-10-15-53-22-26)8-9-32(47)39-11-4-6-24(3)16-28(46)18-27(38)19-34-41-30(21-51-34)36(49)45-13-5-7-31(45)37(50)52-35/h4,6,8-10,15-16,20-23,25,27-28,31,35,46H,5,7,11-14,17-19H2,1-3H3,(H,39,47)(H,40,48)/b6-4?,9-8+,24-16?. The Morgan fingerprint density at radius 1 is 1.23 bits per heavy atom. The molecule has 2 bridgehead atoms. The molecule has 5 unspecified atom stereocenters. The van der Waals surface area contributed by atoms with Crippen LogP contribution in [0, 0.1) is 11.8 Å². The number of ether oxygens (including phenoxy) is 1. The molecule has 16 heteroatoms. The van der Waals surface area contributed by atoms with Crippen LogP contribution in [0.15, 0.2) is 69.7 Å². The Kier molecular flexibility index (Phi) is 13.8. The molecule has 14 nitrogen and oxygen atoms in total. The van der Waals surface area contributed by atoms with Gasteiger partial charge in [-0.2, -0.15) is 11.3 Å². The Morgan fingerprint density at radius 2 is 2.06 bits per heavy atom. The summed E-state index contributed by atoms with van der Waals surface area (Å²) in [5.74, 6) is -2.91. The van der Waals surface area contributed by atoms with E-state index >= 15 is 0 Å². The van der Waals surface area contributed by atoms with Crippen LogP contribution in [-0.4, -0.2) is 97.7 Å². The number of hydrogen-bond donors (Lipinski definition) is 3. The molecule has 2 aliphatic heterocycles. The number of carbonyl (C=O) groups excluding carboxylic acids is 4. The van der Waals surface area contributed by atoms with Crippen molar-refractivity contribution in [1.82, 2.24) is 35.5 Å². The molecule has 0 saturated carbocycles. The van der Waals surface area contributed by atoms with Crippen molar-refractivity contribution < 1.29 is 37.8 Å². The van der Waals surface area contributed by atoms with Crippen molar-refractivity contribution in [3.05, 3.63) is 76.8 Å². The zero-order chi connectivity index (χ0) is 37.9. The first-order chi connectivity index (χ1) is 25.5. The molecular weight excluding hydrogens is 706 g/mol. The number of hydrogen-bond acceptors (Lipinski definition) is 11. The third-order valence-electron chi connectivity index (χ3n) is 8.95. The van der Waals surface area contributed by atoms with Crippen LogP contribution in [0.1, 0.15) is 62.8 Å². The minimum Gasteiger partial charge on any atom is -0.460 e. The fourth-order valence-electron chi connectivity index (χ4n) is 6.31. The number of cyclic esters (lactones) is 1. The molecule has 1 fully saturated rings. The van der Waals surface area contributed by atoms with Crippen molar-refractivity contribution in [2.75, 3.05) is 19.6 Å². The first-order valence-electron chi connectivity index (χ1n) is 17.7. The minimum absolute atomic E-state index is 0.00161. The van der Waals surface area contributed by atoms with Crippen LogP contribution in [0.2, 0.25) is 0 Å². The van der Waals surface area contributed by atoms with Crippen molar-refractivity contribution >= 4 is 35.0 Å². The van der Waals surface area contributed by atoms with Gasteiger partial charge in [0.15, 0.2) is 11.6 Å². The highest BCUT2D eigenvalue weighted by Gasteiger charge is 2.39. The molecule has 5 atom stereocenters. The van der Waals surface area contributed by atoms with Gasteiger partial charge in [0.05, 0.1) is 25.3 Å². The maximum atomic E-state index is 14.8. The van der Waals surface area contributed by atoms with Crippen LogP contribution in [0.25, 0.3) is 11.3 Å². The quantitative estimate of drug-likeness (QED) is 0.301. The number of oxazole rings is 1. The molecule has 1 saturated heterocycles. The molecule has 284 valence electrons. The lowest BCUT2D eigenvalue weighted by Crippen LogP contribution is -2.44. The predicted molar refractivity (Wildman–Crippen MR) is 194 cm³/mol. The van der Waals surface area contributed by atoms with Crippen molar-refractivity contribution in [3.8, 4) is 11.3 Å². The number of carbonyl (C=O) groups is 4. The van der Waals surface area contributed by atoms with Crippen LogP contribution in [0.5, 0.6) is 0 Å². The summed E-state index contributed by atoms with van der Waals surface area (Å²) in [6.45, 7) is 6.52. The molecule has 5 heterocycles. The third-order valence-corrected chi connectivity index (χ3v) is 9.63. The predicted octanol–water partition coefficient (Wildman–Crippen LogP) is 3.81. The molecule has 0 aliphatic carbocycles. The number of nitrogens with one attached hydrogen (secondary N) is 2. The normalized spacial score (nSPS) is 24.3. The summed E-state index contributed by atoms with van der Waals surface area (Å²) in [5.41, 5.74) is 2.29. The van der Waals surface area contributed by atoms with Gasteiger partial charge >= 0.3 is 5.97 Å². The minimum atomic E-state index is -1.50. The van der Waals surface area contributed by atoms with E-state index in [1.165, 1.54) is 17.1 Å². The molecule has 3 amide bonds. The summed E-state index contributed by atoms with van der Waals surface area (Å²) < 4.78 is 27.9. The number of nitrogens with zero attached hydrogens (tertiary/aromatic N) is 5. The lowest BCUT2D eigenvalue weighted by molar-refractivity contribution is -0.159. The van der Waals surface area contributed by atoms with E-state index in [9.17, 15) is 28.7 Å². The van der Waals surface area contributed by atoms with E-state index in [4.69, 9.17) is 9.15 Å². The molecule has 2 aliphatic rings. The average Bonchev–Trinajstić information content (AvgIpc) is 3.94.